The van der Waals surface area contributed by atoms with Gasteiger partial charge in [-0.25, -0.2) is 4.79 Å². The van der Waals surface area contributed by atoms with Crippen LogP contribution in [0.25, 0.3) is 0 Å². The highest BCUT2D eigenvalue weighted by molar-refractivity contribution is 5.93. The standard InChI is InChI=1S/C10H8O3/c1-6-9(11)7-4-2-3-5-8(7)13-10(6)12/h2-5,9,11H,1H2. The number of fused-ring (bicyclic) bond motifs is 1. The van der Waals surface area contributed by atoms with Crippen LogP contribution in [-0.2, 0) is 4.79 Å². The Morgan fingerprint density at radius 2 is 2.08 bits per heavy atom. The summed E-state index contributed by atoms with van der Waals surface area (Å²) in [7, 11) is 0. The topological polar surface area (TPSA) is 46.5 Å². The van der Waals surface area contributed by atoms with Crippen LogP contribution in [0.1, 0.15) is 11.7 Å². The first-order chi connectivity index (χ1) is 6.20. The summed E-state index contributed by atoms with van der Waals surface area (Å²) in [5, 5.41) is 9.60. The van der Waals surface area contributed by atoms with Crippen molar-refractivity contribution in [1.29, 1.82) is 0 Å². The highest BCUT2D eigenvalue weighted by Gasteiger charge is 2.28. The van der Waals surface area contributed by atoms with E-state index in [0.29, 0.717) is 11.3 Å². The fraction of sp³-hybridized carbons (Fsp3) is 0.100. The third-order valence-corrected chi connectivity index (χ3v) is 2.01. The Morgan fingerprint density at radius 3 is 2.85 bits per heavy atom. The predicted octanol–water partition coefficient (Wildman–Crippen LogP) is 1.20. The number of aliphatic hydroxyl groups is 1. The zero-order valence-electron chi connectivity index (χ0n) is 6.86. The molecule has 0 fully saturated rings. The average molecular weight is 176 g/mol. The largest absolute Gasteiger partial charge is 0.423 e. The summed E-state index contributed by atoms with van der Waals surface area (Å²) in [5.41, 5.74) is 0.672. The second-order valence-corrected chi connectivity index (χ2v) is 2.86. The normalized spacial score (nSPS) is 20.8. The van der Waals surface area contributed by atoms with Crippen molar-refractivity contribution in [1.82, 2.24) is 0 Å². The number of hydrogen-bond donors (Lipinski definition) is 1. The molecule has 1 aliphatic heterocycles. The van der Waals surface area contributed by atoms with Gasteiger partial charge in [0.1, 0.15) is 11.9 Å². The van der Waals surface area contributed by atoms with E-state index in [1.54, 1.807) is 24.3 Å². The highest BCUT2D eigenvalue weighted by Crippen LogP contribution is 2.34. The molecule has 1 aromatic carbocycles. The Hall–Kier alpha value is -1.61. The van der Waals surface area contributed by atoms with Crippen molar-refractivity contribution in [2.45, 2.75) is 6.10 Å². The van der Waals surface area contributed by atoms with Crippen LogP contribution in [0.15, 0.2) is 36.4 Å². The lowest BCUT2D eigenvalue weighted by atomic mass is 10.00. The molecule has 0 aliphatic carbocycles. The minimum absolute atomic E-state index is 0.0821. The number of carbonyl (C=O) groups is 1. The lowest BCUT2D eigenvalue weighted by Gasteiger charge is -2.21. The van der Waals surface area contributed by atoms with Gasteiger partial charge < -0.3 is 9.84 Å². The molecule has 1 unspecified atom stereocenters. The molecule has 0 amide bonds. The SMILES string of the molecule is C=C1C(=O)Oc2ccccc2C1O. The molecule has 0 saturated carbocycles. The second-order valence-electron chi connectivity index (χ2n) is 2.86. The Labute approximate surface area is 75.3 Å². The summed E-state index contributed by atoms with van der Waals surface area (Å²) in [6.45, 7) is 3.45. The van der Waals surface area contributed by atoms with Gasteiger partial charge in [0, 0.05) is 5.56 Å². The van der Waals surface area contributed by atoms with Crippen LogP contribution < -0.4 is 4.74 Å². The molecule has 2 rings (SSSR count). The van der Waals surface area contributed by atoms with Crippen LogP contribution in [0, 0.1) is 0 Å². The van der Waals surface area contributed by atoms with Crippen LogP contribution >= 0.6 is 0 Å². The zero-order chi connectivity index (χ0) is 9.42. The summed E-state index contributed by atoms with van der Waals surface area (Å²) in [5.74, 6) is -0.154. The number of rotatable bonds is 0. The van der Waals surface area contributed by atoms with Gasteiger partial charge in [-0.3, -0.25) is 0 Å². The van der Waals surface area contributed by atoms with Crippen LogP contribution in [0.3, 0.4) is 0 Å². The molecule has 1 aliphatic rings. The molecular formula is C10H8O3. The number of ether oxygens (including phenoxy) is 1. The van der Waals surface area contributed by atoms with E-state index in [4.69, 9.17) is 4.74 Å². The molecule has 1 heterocycles. The second kappa shape index (κ2) is 2.71. The van der Waals surface area contributed by atoms with Gasteiger partial charge in [-0.05, 0) is 6.07 Å². The third-order valence-electron chi connectivity index (χ3n) is 2.01. The maximum absolute atomic E-state index is 11.1. The monoisotopic (exact) mass is 176 g/mol. The average Bonchev–Trinajstić information content (AvgIpc) is 2.15. The predicted molar refractivity (Wildman–Crippen MR) is 46.2 cm³/mol. The van der Waals surface area contributed by atoms with Gasteiger partial charge in [0.2, 0.25) is 0 Å². The van der Waals surface area contributed by atoms with E-state index < -0.39 is 12.1 Å². The minimum atomic E-state index is -0.933. The first-order valence-corrected chi connectivity index (χ1v) is 3.88. The van der Waals surface area contributed by atoms with Gasteiger partial charge in [0.05, 0.1) is 5.57 Å². The number of aliphatic hydroxyl groups excluding tert-OH is 1. The number of hydrogen-bond acceptors (Lipinski definition) is 3. The van der Waals surface area contributed by atoms with E-state index >= 15 is 0 Å². The lowest BCUT2D eigenvalue weighted by Crippen LogP contribution is -2.22. The lowest BCUT2D eigenvalue weighted by molar-refractivity contribution is -0.132. The Morgan fingerprint density at radius 1 is 1.38 bits per heavy atom. The van der Waals surface area contributed by atoms with Crippen LogP contribution in [-0.4, -0.2) is 11.1 Å². The van der Waals surface area contributed by atoms with Crippen molar-refractivity contribution in [3.8, 4) is 5.75 Å². The first-order valence-electron chi connectivity index (χ1n) is 3.88. The maximum Gasteiger partial charge on any atom is 0.341 e. The van der Waals surface area contributed by atoms with Crippen molar-refractivity contribution in [2.75, 3.05) is 0 Å². The van der Waals surface area contributed by atoms with Crippen LogP contribution in [0.5, 0.6) is 5.75 Å². The molecule has 0 saturated heterocycles. The van der Waals surface area contributed by atoms with Gasteiger partial charge in [-0.2, -0.15) is 0 Å². The van der Waals surface area contributed by atoms with E-state index in [1.165, 1.54) is 0 Å². The third kappa shape index (κ3) is 1.13. The van der Waals surface area contributed by atoms with E-state index in [9.17, 15) is 9.90 Å². The van der Waals surface area contributed by atoms with E-state index in [0.717, 1.165) is 0 Å². The summed E-state index contributed by atoms with van der Waals surface area (Å²) in [6, 6.07) is 6.86. The quantitative estimate of drug-likeness (QED) is 0.367. The van der Waals surface area contributed by atoms with Crippen LogP contribution in [0.2, 0.25) is 0 Å². The van der Waals surface area contributed by atoms with Gasteiger partial charge in [-0.15, -0.1) is 0 Å². The van der Waals surface area contributed by atoms with E-state index in [-0.39, 0.29) is 5.57 Å². The molecule has 1 atom stereocenters. The molecule has 66 valence electrons. The molecular weight excluding hydrogens is 168 g/mol. The number of benzene rings is 1. The molecule has 0 spiro atoms. The van der Waals surface area contributed by atoms with Crippen molar-refractivity contribution < 1.29 is 14.6 Å². The molecule has 1 aromatic rings. The van der Waals surface area contributed by atoms with Gasteiger partial charge in [-0.1, -0.05) is 24.8 Å². The Balaban J connectivity index is 2.55. The fourth-order valence-electron chi connectivity index (χ4n) is 1.26. The zero-order valence-corrected chi connectivity index (χ0v) is 6.86. The van der Waals surface area contributed by atoms with Gasteiger partial charge in [0.25, 0.3) is 0 Å². The molecule has 0 aromatic heterocycles. The van der Waals surface area contributed by atoms with Crippen LogP contribution in [0.4, 0.5) is 0 Å². The summed E-state index contributed by atoms with van der Waals surface area (Å²) in [4.78, 5) is 11.1. The van der Waals surface area contributed by atoms with Crippen molar-refractivity contribution in [2.24, 2.45) is 0 Å². The number of carbonyl (C=O) groups excluding carboxylic acids is 1. The van der Waals surface area contributed by atoms with Crippen molar-refractivity contribution in [3.05, 3.63) is 42.0 Å². The Kier molecular flexibility index (Phi) is 1.67. The molecule has 13 heavy (non-hydrogen) atoms. The minimum Gasteiger partial charge on any atom is -0.423 e. The number of esters is 1. The van der Waals surface area contributed by atoms with E-state index in [2.05, 4.69) is 6.58 Å². The van der Waals surface area contributed by atoms with Crippen molar-refractivity contribution >= 4 is 5.97 Å². The van der Waals surface area contributed by atoms with Gasteiger partial charge >= 0.3 is 5.97 Å². The van der Waals surface area contributed by atoms with Gasteiger partial charge in [0.15, 0.2) is 0 Å². The smallest absolute Gasteiger partial charge is 0.341 e. The Bertz CT molecular complexity index is 382. The fourth-order valence-corrected chi connectivity index (χ4v) is 1.26. The molecule has 3 nitrogen and oxygen atoms in total. The maximum atomic E-state index is 11.1. The summed E-state index contributed by atoms with van der Waals surface area (Å²) >= 11 is 0. The first kappa shape index (κ1) is 8.01. The molecule has 0 radical (unpaired) electrons. The molecule has 3 heteroatoms. The summed E-state index contributed by atoms with van der Waals surface area (Å²) < 4.78 is 4.92. The van der Waals surface area contributed by atoms with Crippen molar-refractivity contribution in [3.63, 3.8) is 0 Å². The molecule has 1 N–H and O–H groups in total. The summed E-state index contributed by atoms with van der Waals surface area (Å²) in [6.07, 6.45) is -0.933. The number of para-hydroxylation sites is 1. The highest BCUT2D eigenvalue weighted by atomic mass is 16.5. The molecule has 0 bridgehead atoms. The van der Waals surface area contributed by atoms with E-state index in [1.807, 2.05) is 0 Å².